The van der Waals surface area contributed by atoms with Gasteiger partial charge in [0.1, 0.15) is 12.4 Å². The van der Waals surface area contributed by atoms with Crippen LogP contribution < -0.4 is 4.74 Å². The van der Waals surface area contributed by atoms with E-state index in [9.17, 15) is 0 Å². The van der Waals surface area contributed by atoms with Crippen LogP contribution in [0.15, 0.2) is 65.8 Å². The molecule has 0 amide bonds. The lowest BCUT2D eigenvalue weighted by Gasteiger charge is -2.08. The molecule has 0 aliphatic carbocycles. The molecule has 1 N–H and O–H groups in total. The highest BCUT2D eigenvalue weighted by Crippen LogP contribution is 2.18. The maximum atomic E-state index is 5.91. The highest BCUT2D eigenvalue weighted by molar-refractivity contribution is 7.71. The van der Waals surface area contributed by atoms with E-state index in [1.807, 2.05) is 50.2 Å². The fourth-order valence-electron chi connectivity index (χ4n) is 3.18. The number of H-pyrrole nitrogens is 1. The highest BCUT2D eigenvalue weighted by Gasteiger charge is 2.07. The fraction of sp³-hybridized carbons (Fsp3) is 0.136. The van der Waals surface area contributed by atoms with E-state index in [-0.39, 0.29) is 6.61 Å². The zero-order valence-corrected chi connectivity index (χ0v) is 16.5. The van der Waals surface area contributed by atoms with Gasteiger partial charge < -0.3 is 4.74 Å². The molecule has 0 aliphatic heterocycles. The van der Waals surface area contributed by atoms with Gasteiger partial charge in [0.2, 0.25) is 4.77 Å². The minimum atomic E-state index is 0.267. The van der Waals surface area contributed by atoms with Crippen LogP contribution in [0.25, 0.3) is 10.8 Å². The van der Waals surface area contributed by atoms with Crippen molar-refractivity contribution in [2.45, 2.75) is 20.5 Å². The standard InChI is InChI=1S/C22H20N4OS/c1-15-10-16(2)12-19(11-15)27-14-21-24-25-22(28)26(21)23-13-18-8-5-7-17-6-3-4-9-20(17)18/h3-13H,14H2,1-2H3,(H,25,28)/b23-13-. The summed E-state index contributed by atoms with van der Waals surface area (Å²) in [7, 11) is 0. The van der Waals surface area contributed by atoms with Gasteiger partial charge in [0.05, 0.1) is 6.21 Å². The number of aryl methyl sites for hydroxylation is 2. The third-order valence-corrected chi connectivity index (χ3v) is 4.68. The quantitative estimate of drug-likeness (QED) is 0.379. The van der Waals surface area contributed by atoms with Crippen molar-refractivity contribution in [1.29, 1.82) is 0 Å². The van der Waals surface area contributed by atoms with Crippen molar-refractivity contribution in [3.8, 4) is 5.75 Å². The van der Waals surface area contributed by atoms with E-state index < -0.39 is 0 Å². The molecule has 3 aromatic carbocycles. The Kier molecular flexibility index (Phi) is 5.04. The van der Waals surface area contributed by atoms with E-state index in [0.717, 1.165) is 27.8 Å². The molecule has 0 aliphatic rings. The molecular weight excluding hydrogens is 368 g/mol. The number of nitrogens with one attached hydrogen (secondary N) is 1. The first kappa shape index (κ1) is 18.1. The number of fused-ring (bicyclic) bond motifs is 1. The van der Waals surface area contributed by atoms with Crippen molar-refractivity contribution in [2.75, 3.05) is 0 Å². The molecular formula is C22H20N4OS. The smallest absolute Gasteiger partial charge is 0.216 e. The monoisotopic (exact) mass is 388 g/mol. The number of rotatable bonds is 5. The molecule has 0 spiro atoms. The number of hydrogen-bond acceptors (Lipinski definition) is 4. The summed E-state index contributed by atoms with van der Waals surface area (Å²) in [6.45, 7) is 4.36. The van der Waals surface area contributed by atoms with Gasteiger partial charge in [-0.3, -0.25) is 0 Å². The van der Waals surface area contributed by atoms with Crippen LogP contribution in [-0.4, -0.2) is 21.1 Å². The van der Waals surface area contributed by atoms with Crippen LogP contribution in [0.5, 0.6) is 5.75 Å². The summed E-state index contributed by atoms with van der Waals surface area (Å²) in [4.78, 5) is 0. The molecule has 0 atom stereocenters. The van der Waals surface area contributed by atoms with E-state index in [0.29, 0.717) is 10.6 Å². The van der Waals surface area contributed by atoms with Gasteiger partial charge in [-0.1, -0.05) is 48.5 Å². The Labute approximate surface area is 168 Å². The van der Waals surface area contributed by atoms with E-state index >= 15 is 0 Å². The van der Waals surface area contributed by atoms with Crippen molar-refractivity contribution in [1.82, 2.24) is 14.9 Å². The average Bonchev–Trinajstić information content (AvgIpc) is 3.03. The van der Waals surface area contributed by atoms with Crippen molar-refractivity contribution in [2.24, 2.45) is 5.10 Å². The predicted molar refractivity (Wildman–Crippen MR) is 115 cm³/mol. The largest absolute Gasteiger partial charge is 0.486 e. The summed E-state index contributed by atoms with van der Waals surface area (Å²) in [5.41, 5.74) is 3.33. The van der Waals surface area contributed by atoms with Crippen LogP contribution in [0.1, 0.15) is 22.5 Å². The zero-order valence-electron chi connectivity index (χ0n) is 15.7. The van der Waals surface area contributed by atoms with Gasteiger partial charge >= 0.3 is 0 Å². The van der Waals surface area contributed by atoms with Crippen molar-refractivity contribution in [3.05, 3.63) is 87.9 Å². The Balaban J connectivity index is 1.60. The van der Waals surface area contributed by atoms with Gasteiger partial charge in [-0.2, -0.15) is 14.9 Å². The molecule has 28 heavy (non-hydrogen) atoms. The van der Waals surface area contributed by atoms with Crippen molar-refractivity contribution in [3.63, 3.8) is 0 Å². The topological polar surface area (TPSA) is 55.2 Å². The van der Waals surface area contributed by atoms with Crippen LogP contribution in [0.2, 0.25) is 0 Å². The Morgan fingerprint density at radius 2 is 1.82 bits per heavy atom. The summed E-state index contributed by atoms with van der Waals surface area (Å²) in [6.07, 6.45) is 1.80. The molecule has 0 saturated heterocycles. The van der Waals surface area contributed by atoms with Gasteiger partial charge in [-0.15, -0.1) is 0 Å². The maximum absolute atomic E-state index is 5.91. The Morgan fingerprint density at radius 1 is 1.07 bits per heavy atom. The SMILES string of the molecule is Cc1cc(C)cc(OCc2n[nH]c(=S)n2/N=C\c2cccc3ccccc23)c1. The first-order chi connectivity index (χ1) is 13.6. The summed E-state index contributed by atoms with van der Waals surface area (Å²) in [6, 6.07) is 20.4. The molecule has 5 nitrogen and oxygen atoms in total. The summed E-state index contributed by atoms with van der Waals surface area (Å²) < 4.78 is 7.93. The minimum absolute atomic E-state index is 0.267. The Morgan fingerprint density at radius 3 is 2.64 bits per heavy atom. The van der Waals surface area contributed by atoms with Gasteiger partial charge in [-0.25, -0.2) is 5.10 Å². The molecule has 1 heterocycles. The second-order valence-electron chi connectivity index (χ2n) is 6.68. The number of benzene rings is 3. The van der Waals surface area contributed by atoms with E-state index in [1.54, 1.807) is 10.9 Å². The molecule has 4 rings (SSSR count). The lowest BCUT2D eigenvalue weighted by atomic mass is 10.1. The molecule has 0 fully saturated rings. The molecule has 6 heteroatoms. The van der Waals surface area contributed by atoms with Gasteiger partial charge in [0.25, 0.3) is 0 Å². The fourth-order valence-corrected chi connectivity index (χ4v) is 3.38. The van der Waals surface area contributed by atoms with Crippen LogP contribution >= 0.6 is 12.2 Å². The Bertz CT molecular complexity index is 1200. The highest BCUT2D eigenvalue weighted by atomic mass is 32.1. The Hall–Kier alpha value is -3.25. The molecule has 0 bridgehead atoms. The van der Waals surface area contributed by atoms with Crippen molar-refractivity contribution < 1.29 is 4.74 Å². The average molecular weight is 388 g/mol. The third kappa shape index (κ3) is 3.87. The predicted octanol–water partition coefficient (Wildman–Crippen LogP) is 5.17. The van der Waals surface area contributed by atoms with Crippen LogP contribution in [0.4, 0.5) is 0 Å². The molecule has 0 unspecified atom stereocenters. The first-order valence-electron chi connectivity index (χ1n) is 9.00. The number of aromatic amines is 1. The van der Waals surface area contributed by atoms with Crippen LogP contribution in [-0.2, 0) is 6.61 Å². The zero-order chi connectivity index (χ0) is 19.5. The minimum Gasteiger partial charge on any atom is -0.486 e. The van der Waals surface area contributed by atoms with E-state index in [2.05, 4.69) is 39.6 Å². The summed E-state index contributed by atoms with van der Waals surface area (Å²) >= 11 is 5.33. The number of nitrogens with zero attached hydrogens (tertiary/aromatic N) is 3. The molecule has 0 radical (unpaired) electrons. The van der Waals surface area contributed by atoms with Gasteiger partial charge in [-0.05, 0) is 60.1 Å². The van der Waals surface area contributed by atoms with Crippen LogP contribution in [0, 0.1) is 18.6 Å². The first-order valence-corrected chi connectivity index (χ1v) is 9.40. The number of aromatic nitrogens is 3. The third-order valence-electron chi connectivity index (χ3n) is 4.42. The number of ether oxygens (including phenoxy) is 1. The van der Waals surface area contributed by atoms with Gasteiger partial charge in [0, 0.05) is 5.56 Å². The van der Waals surface area contributed by atoms with Gasteiger partial charge in [0.15, 0.2) is 5.82 Å². The normalized spacial score (nSPS) is 11.4. The maximum Gasteiger partial charge on any atom is 0.216 e. The molecule has 1 aromatic heterocycles. The van der Waals surface area contributed by atoms with Crippen LogP contribution in [0.3, 0.4) is 0 Å². The second-order valence-corrected chi connectivity index (χ2v) is 7.07. The summed E-state index contributed by atoms with van der Waals surface area (Å²) in [5.74, 6) is 1.41. The molecule has 4 aromatic rings. The van der Waals surface area contributed by atoms with E-state index in [1.165, 1.54) is 5.39 Å². The lowest BCUT2D eigenvalue weighted by Crippen LogP contribution is -2.04. The van der Waals surface area contributed by atoms with Crippen molar-refractivity contribution >= 4 is 29.2 Å². The molecule has 140 valence electrons. The lowest BCUT2D eigenvalue weighted by molar-refractivity contribution is 0.290. The van der Waals surface area contributed by atoms with E-state index in [4.69, 9.17) is 17.0 Å². The molecule has 0 saturated carbocycles. The summed E-state index contributed by atoms with van der Waals surface area (Å²) in [5, 5.41) is 13.9. The number of hydrogen-bond donors (Lipinski definition) is 1. The second kappa shape index (κ2) is 7.78.